The summed E-state index contributed by atoms with van der Waals surface area (Å²) in [6, 6.07) is 8.21. The monoisotopic (exact) mass is 371 g/mol. The van der Waals surface area contributed by atoms with Crippen molar-refractivity contribution < 1.29 is 19.7 Å². The Kier molecular flexibility index (Phi) is 2.96. The number of carbonyl (C=O) groups is 1. The van der Waals surface area contributed by atoms with Gasteiger partial charge in [-0.15, -0.1) is 0 Å². The van der Waals surface area contributed by atoms with E-state index in [0.717, 1.165) is 27.0 Å². The van der Waals surface area contributed by atoms with Crippen molar-refractivity contribution in [1.29, 1.82) is 0 Å². The SMILES string of the molecule is O=C1/C(=C/c2c[nH]c3ccc(Br)cc23)Oc2cc(O)cc(O)c21. The number of allylic oxidation sites excluding steroid dienone is 1. The molecule has 0 radical (unpaired) electrons. The molecule has 5 nitrogen and oxygen atoms in total. The van der Waals surface area contributed by atoms with Crippen molar-refractivity contribution >= 4 is 38.7 Å². The van der Waals surface area contributed by atoms with Crippen LogP contribution in [0.2, 0.25) is 0 Å². The Morgan fingerprint density at radius 3 is 2.83 bits per heavy atom. The third kappa shape index (κ3) is 2.19. The standard InChI is InChI=1S/C17H10BrNO4/c18-9-1-2-12-11(4-9)8(7-19-12)3-15-17(22)16-13(21)5-10(20)6-14(16)23-15/h1-7,19-21H/b15-3-. The fourth-order valence-electron chi connectivity index (χ4n) is 2.65. The Morgan fingerprint density at radius 1 is 1.17 bits per heavy atom. The second-order valence-corrected chi connectivity index (χ2v) is 6.13. The number of rotatable bonds is 1. The first-order valence-corrected chi connectivity index (χ1v) is 7.59. The maximum Gasteiger partial charge on any atom is 0.235 e. The molecule has 1 aliphatic rings. The van der Waals surface area contributed by atoms with Crippen molar-refractivity contribution in [3.05, 3.63) is 57.9 Å². The van der Waals surface area contributed by atoms with E-state index in [0.29, 0.717) is 0 Å². The lowest BCUT2D eigenvalue weighted by molar-refractivity contribution is 0.101. The van der Waals surface area contributed by atoms with E-state index in [4.69, 9.17) is 4.74 Å². The van der Waals surface area contributed by atoms with Crippen LogP contribution in [0.3, 0.4) is 0 Å². The van der Waals surface area contributed by atoms with E-state index in [1.807, 2.05) is 18.2 Å². The molecule has 114 valence electrons. The summed E-state index contributed by atoms with van der Waals surface area (Å²) in [7, 11) is 0. The van der Waals surface area contributed by atoms with Crippen LogP contribution in [0, 0.1) is 0 Å². The van der Waals surface area contributed by atoms with Gasteiger partial charge in [0, 0.05) is 39.3 Å². The Morgan fingerprint density at radius 2 is 2.00 bits per heavy atom. The summed E-state index contributed by atoms with van der Waals surface area (Å²) >= 11 is 3.42. The normalized spacial score (nSPS) is 15.2. The minimum Gasteiger partial charge on any atom is -0.508 e. The van der Waals surface area contributed by atoms with Crippen LogP contribution in [0.25, 0.3) is 17.0 Å². The van der Waals surface area contributed by atoms with Gasteiger partial charge in [0.2, 0.25) is 5.78 Å². The van der Waals surface area contributed by atoms with Gasteiger partial charge in [0.1, 0.15) is 22.8 Å². The fourth-order valence-corrected chi connectivity index (χ4v) is 3.01. The smallest absolute Gasteiger partial charge is 0.235 e. The molecule has 0 unspecified atom stereocenters. The van der Waals surface area contributed by atoms with Crippen LogP contribution in [0.4, 0.5) is 0 Å². The number of aromatic amines is 1. The van der Waals surface area contributed by atoms with Crippen molar-refractivity contribution in [2.24, 2.45) is 0 Å². The van der Waals surface area contributed by atoms with Crippen LogP contribution in [-0.4, -0.2) is 21.0 Å². The largest absolute Gasteiger partial charge is 0.508 e. The zero-order valence-corrected chi connectivity index (χ0v) is 13.2. The Balaban J connectivity index is 1.82. The van der Waals surface area contributed by atoms with Crippen LogP contribution in [0.15, 0.2) is 46.8 Å². The number of carbonyl (C=O) groups excluding carboxylic acids is 1. The molecule has 0 saturated carbocycles. The minimum absolute atomic E-state index is 0.0649. The van der Waals surface area contributed by atoms with Crippen LogP contribution < -0.4 is 4.74 Å². The van der Waals surface area contributed by atoms with Gasteiger partial charge in [-0.25, -0.2) is 0 Å². The summed E-state index contributed by atoms with van der Waals surface area (Å²) < 4.78 is 6.42. The number of halogens is 1. The molecule has 3 N–H and O–H groups in total. The molecular formula is C17H10BrNO4. The van der Waals surface area contributed by atoms with Gasteiger partial charge in [-0.05, 0) is 24.3 Å². The van der Waals surface area contributed by atoms with Gasteiger partial charge < -0.3 is 19.9 Å². The zero-order valence-electron chi connectivity index (χ0n) is 11.6. The number of hydrogen-bond acceptors (Lipinski definition) is 4. The predicted molar refractivity (Wildman–Crippen MR) is 88.7 cm³/mol. The number of aromatic hydroxyl groups is 2. The van der Waals surface area contributed by atoms with E-state index < -0.39 is 5.78 Å². The third-order valence-electron chi connectivity index (χ3n) is 3.70. The number of phenolic OH excluding ortho intramolecular Hbond substituents is 2. The first-order chi connectivity index (χ1) is 11.0. The minimum atomic E-state index is -0.415. The molecule has 2 heterocycles. The number of H-pyrrole nitrogens is 1. The summed E-state index contributed by atoms with van der Waals surface area (Å²) in [5, 5.41) is 20.3. The Hall–Kier alpha value is -2.73. The van der Waals surface area contributed by atoms with E-state index in [1.54, 1.807) is 12.3 Å². The Bertz CT molecular complexity index is 1000. The number of phenols is 2. The topological polar surface area (TPSA) is 82.6 Å². The summed E-state index contributed by atoms with van der Waals surface area (Å²) in [4.78, 5) is 15.5. The number of aromatic nitrogens is 1. The van der Waals surface area contributed by atoms with Crippen LogP contribution in [0.5, 0.6) is 17.2 Å². The molecule has 4 rings (SSSR count). The van der Waals surface area contributed by atoms with Gasteiger partial charge >= 0.3 is 0 Å². The molecule has 0 spiro atoms. The van der Waals surface area contributed by atoms with Gasteiger partial charge in [0.25, 0.3) is 0 Å². The molecule has 0 aliphatic carbocycles. The van der Waals surface area contributed by atoms with E-state index in [2.05, 4.69) is 20.9 Å². The van der Waals surface area contributed by atoms with E-state index in [-0.39, 0.29) is 28.6 Å². The summed E-state index contributed by atoms with van der Waals surface area (Å²) in [5.41, 5.74) is 1.79. The van der Waals surface area contributed by atoms with E-state index in [9.17, 15) is 15.0 Å². The molecule has 6 heteroatoms. The molecule has 0 saturated heterocycles. The van der Waals surface area contributed by atoms with Crippen LogP contribution >= 0.6 is 15.9 Å². The lowest BCUT2D eigenvalue weighted by atomic mass is 10.1. The molecule has 23 heavy (non-hydrogen) atoms. The average Bonchev–Trinajstić information content (AvgIpc) is 3.01. The molecular weight excluding hydrogens is 362 g/mol. The molecule has 0 amide bonds. The number of benzene rings is 2. The van der Waals surface area contributed by atoms with Gasteiger partial charge in [-0.2, -0.15) is 0 Å². The van der Waals surface area contributed by atoms with Crippen molar-refractivity contribution in [2.45, 2.75) is 0 Å². The predicted octanol–water partition coefficient (Wildman–Crippen LogP) is 3.96. The summed E-state index contributed by atoms with van der Waals surface area (Å²) in [5.74, 6) is -0.621. The summed E-state index contributed by atoms with van der Waals surface area (Å²) in [6.45, 7) is 0. The first kappa shape index (κ1) is 13.9. The van der Waals surface area contributed by atoms with Gasteiger partial charge in [-0.1, -0.05) is 15.9 Å². The van der Waals surface area contributed by atoms with Gasteiger partial charge in [0.15, 0.2) is 5.76 Å². The highest BCUT2D eigenvalue weighted by Gasteiger charge is 2.31. The molecule has 2 aromatic carbocycles. The zero-order chi connectivity index (χ0) is 16.1. The maximum atomic E-state index is 12.4. The second-order valence-electron chi connectivity index (χ2n) is 5.21. The first-order valence-electron chi connectivity index (χ1n) is 6.80. The molecule has 0 fully saturated rings. The highest BCUT2D eigenvalue weighted by atomic mass is 79.9. The second kappa shape index (κ2) is 4.89. The average molecular weight is 372 g/mol. The number of hydrogen-bond donors (Lipinski definition) is 3. The van der Waals surface area contributed by atoms with Gasteiger partial charge in [0.05, 0.1) is 0 Å². The number of ether oxygens (including phenoxy) is 1. The number of Topliss-reactive ketones (excluding diaryl/α,β-unsaturated/α-hetero) is 1. The molecule has 0 atom stereocenters. The lowest BCUT2D eigenvalue weighted by Gasteiger charge is -2.00. The molecule has 3 aromatic rings. The summed E-state index contributed by atoms with van der Waals surface area (Å²) in [6.07, 6.45) is 3.39. The van der Waals surface area contributed by atoms with Crippen molar-refractivity contribution in [3.8, 4) is 17.2 Å². The lowest BCUT2D eigenvalue weighted by Crippen LogP contribution is -1.98. The number of nitrogens with one attached hydrogen (secondary N) is 1. The highest BCUT2D eigenvalue weighted by molar-refractivity contribution is 9.10. The van der Waals surface area contributed by atoms with Gasteiger partial charge in [-0.3, -0.25) is 4.79 Å². The number of fused-ring (bicyclic) bond motifs is 2. The van der Waals surface area contributed by atoms with Crippen LogP contribution in [-0.2, 0) is 0 Å². The van der Waals surface area contributed by atoms with E-state index in [1.165, 1.54) is 6.07 Å². The number of ketones is 1. The Labute approximate surface area is 139 Å². The van der Waals surface area contributed by atoms with Crippen molar-refractivity contribution in [1.82, 2.24) is 4.98 Å². The quantitative estimate of drug-likeness (QED) is 0.565. The molecule has 1 aliphatic heterocycles. The van der Waals surface area contributed by atoms with Crippen molar-refractivity contribution in [2.75, 3.05) is 0 Å². The van der Waals surface area contributed by atoms with E-state index >= 15 is 0 Å². The highest BCUT2D eigenvalue weighted by Crippen LogP contribution is 2.40. The maximum absolute atomic E-state index is 12.4. The fraction of sp³-hybridized carbons (Fsp3) is 0. The molecule has 1 aromatic heterocycles. The molecule has 0 bridgehead atoms. The third-order valence-corrected chi connectivity index (χ3v) is 4.19. The van der Waals surface area contributed by atoms with Crippen molar-refractivity contribution in [3.63, 3.8) is 0 Å². The van der Waals surface area contributed by atoms with Crippen LogP contribution in [0.1, 0.15) is 15.9 Å².